The van der Waals surface area contributed by atoms with E-state index >= 15 is 0 Å². The molecule has 0 saturated heterocycles. The van der Waals surface area contributed by atoms with E-state index in [9.17, 15) is 9.59 Å². The molecule has 1 N–H and O–H groups in total. The van der Waals surface area contributed by atoms with E-state index < -0.39 is 8.32 Å². The van der Waals surface area contributed by atoms with Crippen LogP contribution < -0.4 is 10.1 Å². The minimum Gasteiger partial charge on any atom is -0.427 e. The van der Waals surface area contributed by atoms with Gasteiger partial charge in [0.25, 0.3) is 0 Å². The first-order valence-electron chi connectivity index (χ1n) is 7.94. The number of hydrogen-bond donors (Lipinski definition) is 1. The summed E-state index contributed by atoms with van der Waals surface area (Å²) in [5.74, 6) is 0.241. The van der Waals surface area contributed by atoms with Crippen molar-refractivity contribution in [1.82, 2.24) is 5.32 Å². The third kappa shape index (κ3) is 9.86. The molecule has 0 fully saturated rings. The van der Waals surface area contributed by atoms with Crippen LogP contribution in [0.5, 0.6) is 5.75 Å². The predicted molar refractivity (Wildman–Crippen MR) is 92.8 cm³/mol. The molecule has 1 aromatic carbocycles. The summed E-state index contributed by atoms with van der Waals surface area (Å²) in [4.78, 5) is 22.9. The summed E-state index contributed by atoms with van der Waals surface area (Å²) in [7, 11) is -1.70. The standard InChI is InChI=1S/C17H27NO4Si/c1-14(19)18-13-16(22-23(2,3)4)11-8-12-17(20)21-15-9-6-5-7-10-15/h5-7,9-10,16H,8,11-13H2,1-4H3,(H,18,19). The first-order chi connectivity index (χ1) is 10.8. The maximum absolute atomic E-state index is 11.8. The van der Waals surface area contributed by atoms with Gasteiger partial charge >= 0.3 is 5.97 Å². The third-order valence-corrected chi connectivity index (χ3v) is 4.02. The highest BCUT2D eigenvalue weighted by Crippen LogP contribution is 2.14. The summed E-state index contributed by atoms with van der Waals surface area (Å²) in [5.41, 5.74) is 0. The molecule has 0 aliphatic rings. The van der Waals surface area contributed by atoms with Crippen molar-refractivity contribution in [3.05, 3.63) is 30.3 Å². The number of nitrogens with one attached hydrogen (secondary N) is 1. The first-order valence-corrected chi connectivity index (χ1v) is 11.3. The second-order valence-corrected chi connectivity index (χ2v) is 10.9. The predicted octanol–water partition coefficient (Wildman–Crippen LogP) is 3.12. The number of benzene rings is 1. The summed E-state index contributed by atoms with van der Waals surface area (Å²) < 4.78 is 11.3. The Labute approximate surface area is 139 Å². The van der Waals surface area contributed by atoms with Gasteiger partial charge in [0.1, 0.15) is 5.75 Å². The number of carbonyl (C=O) groups excluding carboxylic acids is 2. The lowest BCUT2D eigenvalue weighted by atomic mass is 10.1. The summed E-state index contributed by atoms with van der Waals surface area (Å²) >= 11 is 0. The van der Waals surface area contributed by atoms with Crippen LogP contribution in [0.3, 0.4) is 0 Å². The van der Waals surface area contributed by atoms with Gasteiger partial charge in [-0.05, 0) is 44.6 Å². The quantitative estimate of drug-likeness (QED) is 0.427. The Morgan fingerprint density at radius 3 is 2.39 bits per heavy atom. The molecule has 0 bridgehead atoms. The van der Waals surface area contributed by atoms with Gasteiger partial charge < -0.3 is 14.5 Å². The zero-order chi connectivity index (χ0) is 17.3. The Morgan fingerprint density at radius 2 is 1.83 bits per heavy atom. The van der Waals surface area contributed by atoms with Gasteiger partial charge in [-0.3, -0.25) is 9.59 Å². The van der Waals surface area contributed by atoms with Gasteiger partial charge in [0.2, 0.25) is 5.91 Å². The van der Waals surface area contributed by atoms with Crippen molar-refractivity contribution in [1.29, 1.82) is 0 Å². The summed E-state index contributed by atoms with van der Waals surface area (Å²) in [6, 6.07) is 9.04. The Bertz CT molecular complexity index is 499. The van der Waals surface area contributed by atoms with Crippen molar-refractivity contribution in [2.75, 3.05) is 6.54 Å². The van der Waals surface area contributed by atoms with Crippen LogP contribution in [0, 0.1) is 0 Å². The molecule has 0 radical (unpaired) electrons. The smallest absolute Gasteiger partial charge is 0.311 e. The largest absolute Gasteiger partial charge is 0.427 e. The molecule has 1 aromatic rings. The van der Waals surface area contributed by atoms with E-state index in [2.05, 4.69) is 25.0 Å². The molecule has 0 saturated carbocycles. The Balaban J connectivity index is 2.38. The van der Waals surface area contributed by atoms with Gasteiger partial charge in [-0.1, -0.05) is 18.2 Å². The molecule has 1 rings (SSSR count). The maximum Gasteiger partial charge on any atom is 0.311 e. The second-order valence-electron chi connectivity index (χ2n) is 6.47. The van der Waals surface area contributed by atoms with Crippen LogP contribution in [0.4, 0.5) is 0 Å². The summed E-state index contributed by atoms with van der Waals surface area (Å²) in [6.07, 6.45) is 1.66. The second kappa shape index (κ2) is 9.47. The Kier molecular flexibility index (Phi) is 7.98. The minimum absolute atomic E-state index is 0.0601. The molecule has 1 unspecified atom stereocenters. The van der Waals surface area contributed by atoms with Gasteiger partial charge in [-0.15, -0.1) is 0 Å². The fraction of sp³-hybridized carbons (Fsp3) is 0.529. The highest BCUT2D eigenvalue weighted by Gasteiger charge is 2.21. The lowest BCUT2D eigenvalue weighted by Gasteiger charge is -2.26. The highest BCUT2D eigenvalue weighted by molar-refractivity contribution is 6.69. The molecular formula is C17H27NO4Si. The van der Waals surface area contributed by atoms with Gasteiger partial charge in [0.05, 0.1) is 6.10 Å². The van der Waals surface area contributed by atoms with E-state index in [1.54, 1.807) is 12.1 Å². The Morgan fingerprint density at radius 1 is 1.17 bits per heavy atom. The van der Waals surface area contributed by atoms with E-state index in [0.29, 0.717) is 31.6 Å². The van der Waals surface area contributed by atoms with Crippen LogP contribution in [-0.2, 0) is 14.0 Å². The zero-order valence-electron chi connectivity index (χ0n) is 14.4. The van der Waals surface area contributed by atoms with Crippen LogP contribution in [0.15, 0.2) is 30.3 Å². The fourth-order valence-electron chi connectivity index (χ4n) is 2.11. The van der Waals surface area contributed by atoms with Gasteiger partial charge in [0, 0.05) is 19.9 Å². The van der Waals surface area contributed by atoms with Crippen LogP contribution in [-0.4, -0.2) is 32.8 Å². The van der Waals surface area contributed by atoms with Crippen LogP contribution >= 0.6 is 0 Å². The van der Waals surface area contributed by atoms with Crippen LogP contribution in [0.1, 0.15) is 26.2 Å². The lowest BCUT2D eigenvalue weighted by Crippen LogP contribution is -2.39. The number of ether oxygens (including phenoxy) is 1. The Hall–Kier alpha value is -1.66. The number of carbonyl (C=O) groups is 2. The number of rotatable bonds is 9. The summed E-state index contributed by atoms with van der Waals surface area (Å²) in [5, 5.41) is 2.79. The molecule has 0 spiro atoms. The lowest BCUT2D eigenvalue weighted by molar-refractivity contribution is -0.134. The average molecular weight is 337 g/mol. The van der Waals surface area contributed by atoms with Crippen LogP contribution in [0.2, 0.25) is 19.6 Å². The molecule has 6 heteroatoms. The number of hydrogen-bond acceptors (Lipinski definition) is 4. The molecular weight excluding hydrogens is 310 g/mol. The van der Waals surface area contributed by atoms with Crippen molar-refractivity contribution < 1.29 is 18.8 Å². The van der Waals surface area contributed by atoms with Crippen molar-refractivity contribution in [2.24, 2.45) is 0 Å². The molecule has 0 aliphatic carbocycles. The van der Waals surface area contributed by atoms with Crippen molar-refractivity contribution in [2.45, 2.75) is 51.9 Å². The minimum atomic E-state index is -1.70. The van der Waals surface area contributed by atoms with Gasteiger partial charge in [0.15, 0.2) is 8.32 Å². The molecule has 1 amide bonds. The normalized spacial score (nSPS) is 12.5. The molecule has 0 aromatic heterocycles. The highest BCUT2D eigenvalue weighted by atomic mass is 28.4. The maximum atomic E-state index is 11.8. The molecule has 1 atom stereocenters. The average Bonchev–Trinajstić information content (AvgIpc) is 2.44. The first kappa shape index (κ1) is 19.4. The third-order valence-electron chi connectivity index (χ3n) is 2.98. The van der Waals surface area contributed by atoms with E-state index in [0.717, 1.165) is 0 Å². The van der Waals surface area contributed by atoms with E-state index in [1.165, 1.54) is 6.92 Å². The van der Waals surface area contributed by atoms with E-state index in [1.807, 2.05) is 18.2 Å². The topological polar surface area (TPSA) is 64.6 Å². The zero-order valence-corrected chi connectivity index (χ0v) is 15.4. The molecule has 0 aliphatic heterocycles. The van der Waals surface area contributed by atoms with E-state index in [4.69, 9.17) is 9.16 Å². The summed E-state index contributed by atoms with van der Waals surface area (Å²) in [6.45, 7) is 8.29. The molecule has 0 heterocycles. The number of amides is 1. The van der Waals surface area contributed by atoms with Gasteiger partial charge in [-0.25, -0.2) is 0 Å². The monoisotopic (exact) mass is 337 g/mol. The molecule has 23 heavy (non-hydrogen) atoms. The van der Waals surface area contributed by atoms with Crippen molar-refractivity contribution in [3.63, 3.8) is 0 Å². The van der Waals surface area contributed by atoms with Crippen molar-refractivity contribution in [3.8, 4) is 5.75 Å². The number of para-hydroxylation sites is 1. The van der Waals surface area contributed by atoms with Crippen LogP contribution in [0.25, 0.3) is 0 Å². The molecule has 5 nitrogen and oxygen atoms in total. The SMILES string of the molecule is CC(=O)NCC(CCCC(=O)Oc1ccccc1)O[Si](C)(C)C. The van der Waals surface area contributed by atoms with Gasteiger partial charge in [-0.2, -0.15) is 0 Å². The van der Waals surface area contributed by atoms with E-state index in [-0.39, 0.29) is 18.0 Å². The van der Waals surface area contributed by atoms with Crippen molar-refractivity contribution >= 4 is 20.2 Å². The number of esters is 1. The fourth-order valence-corrected chi connectivity index (χ4v) is 3.31. The molecule has 128 valence electrons.